The molecule has 0 saturated carbocycles. The molecule has 0 fully saturated rings. The number of ether oxygens (including phenoxy) is 1. The summed E-state index contributed by atoms with van der Waals surface area (Å²) in [6.07, 6.45) is 1.72. The molecule has 15 heavy (non-hydrogen) atoms. The smallest absolute Gasteiger partial charge is 0.139 e. The van der Waals surface area contributed by atoms with E-state index in [2.05, 4.69) is 5.32 Å². The summed E-state index contributed by atoms with van der Waals surface area (Å²) < 4.78 is 5.10. The first-order valence-corrected chi connectivity index (χ1v) is 5.47. The normalized spacial score (nSPS) is 18.9. The maximum Gasteiger partial charge on any atom is 0.139 e. The van der Waals surface area contributed by atoms with E-state index in [1.165, 1.54) is 0 Å². The number of hydrogen-bond acceptors (Lipinski definition) is 2. The Hall–Kier alpha value is -0.570. The lowest BCUT2D eigenvalue weighted by Gasteiger charge is -2.22. The van der Waals surface area contributed by atoms with Crippen molar-refractivity contribution in [1.82, 2.24) is 0 Å². The van der Waals surface area contributed by atoms with Crippen LogP contribution >= 0.6 is 34.8 Å². The van der Waals surface area contributed by atoms with Crippen LogP contribution in [0.3, 0.4) is 0 Å². The summed E-state index contributed by atoms with van der Waals surface area (Å²) in [5, 5.41) is 4.11. The quantitative estimate of drug-likeness (QED) is 0.613. The number of benzene rings is 1. The van der Waals surface area contributed by atoms with Gasteiger partial charge in [0.2, 0.25) is 0 Å². The number of halogens is 3. The van der Waals surface area contributed by atoms with E-state index in [1.54, 1.807) is 19.3 Å². The molecular weight excluding hydrogens is 256 g/mol. The molecule has 0 amide bonds. The van der Waals surface area contributed by atoms with E-state index in [4.69, 9.17) is 39.5 Å². The summed E-state index contributed by atoms with van der Waals surface area (Å²) in [5.41, 5.74) is 1.19. The Balaban J connectivity index is 2.59. The summed E-state index contributed by atoms with van der Waals surface area (Å²) in [6.45, 7) is 0. The number of fused-ring (bicyclic) bond motifs is 1. The molecule has 1 aromatic rings. The Bertz CT molecular complexity index is 431. The highest BCUT2D eigenvalue weighted by atomic mass is 35.5. The molecule has 1 aliphatic heterocycles. The molecule has 0 spiro atoms. The van der Waals surface area contributed by atoms with Gasteiger partial charge >= 0.3 is 0 Å². The van der Waals surface area contributed by atoms with Gasteiger partial charge in [0.05, 0.1) is 12.8 Å². The average Bonchev–Trinajstić information content (AvgIpc) is 2.19. The maximum atomic E-state index is 6.13. The SMILES string of the molecule is COc1ccc2c(c1Cl)NC(Cl)C=C2Cl. The first-order valence-electron chi connectivity index (χ1n) is 4.28. The molecule has 0 aromatic heterocycles. The second kappa shape index (κ2) is 4.12. The minimum atomic E-state index is -0.352. The van der Waals surface area contributed by atoms with Crippen LogP contribution in [0.5, 0.6) is 5.75 Å². The van der Waals surface area contributed by atoms with Gasteiger partial charge in [0.25, 0.3) is 0 Å². The molecule has 0 radical (unpaired) electrons. The van der Waals surface area contributed by atoms with Crippen LogP contribution in [0, 0.1) is 0 Å². The molecule has 2 nitrogen and oxygen atoms in total. The lowest BCUT2D eigenvalue weighted by Crippen LogP contribution is -2.15. The van der Waals surface area contributed by atoms with Crippen molar-refractivity contribution in [2.75, 3.05) is 12.4 Å². The molecule has 1 atom stereocenters. The molecule has 1 N–H and O–H groups in total. The predicted molar refractivity (Wildman–Crippen MR) is 65.1 cm³/mol. The number of nitrogens with one attached hydrogen (secondary N) is 1. The third-order valence-corrected chi connectivity index (χ3v) is 3.10. The van der Waals surface area contributed by atoms with E-state index in [-0.39, 0.29) is 5.50 Å². The molecule has 1 heterocycles. The predicted octanol–water partition coefficient (Wildman–Crippen LogP) is 3.92. The highest BCUT2D eigenvalue weighted by Gasteiger charge is 2.20. The van der Waals surface area contributed by atoms with Gasteiger partial charge in [-0.15, -0.1) is 0 Å². The van der Waals surface area contributed by atoms with Gasteiger partial charge in [0.15, 0.2) is 0 Å². The van der Waals surface area contributed by atoms with E-state index in [1.807, 2.05) is 6.07 Å². The third kappa shape index (κ3) is 1.89. The Morgan fingerprint density at radius 2 is 2.07 bits per heavy atom. The van der Waals surface area contributed by atoms with E-state index < -0.39 is 0 Å². The molecule has 1 unspecified atom stereocenters. The number of methoxy groups -OCH3 is 1. The molecule has 2 rings (SSSR count). The largest absolute Gasteiger partial charge is 0.495 e. The second-order valence-electron chi connectivity index (χ2n) is 3.07. The van der Waals surface area contributed by atoms with E-state index in [9.17, 15) is 0 Å². The summed E-state index contributed by atoms with van der Waals surface area (Å²) in [6, 6.07) is 3.61. The van der Waals surface area contributed by atoms with E-state index in [0.717, 1.165) is 5.56 Å². The van der Waals surface area contributed by atoms with Crippen LogP contribution in [-0.2, 0) is 0 Å². The minimum absolute atomic E-state index is 0.352. The van der Waals surface area contributed by atoms with Gasteiger partial charge < -0.3 is 10.1 Å². The summed E-state index contributed by atoms with van der Waals surface area (Å²) in [7, 11) is 1.56. The van der Waals surface area contributed by atoms with Crippen LogP contribution in [0.25, 0.3) is 5.03 Å². The topological polar surface area (TPSA) is 21.3 Å². The number of alkyl halides is 1. The van der Waals surface area contributed by atoms with Gasteiger partial charge in [-0.2, -0.15) is 0 Å². The second-order valence-corrected chi connectivity index (χ2v) is 4.32. The van der Waals surface area contributed by atoms with Crippen molar-refractivity contribution in [3.63, 3.8) is 0 Å². The van der Waals surface area contributed by atoms with Gasteiger partial charge in [-0.25, -0.2) is 0 Å². The van der Waals surface area contributed by atoms with Crippen LogP contribution in [0.15, 0.2) is 18.2 Å². The van der Waals surface area contributed by atoms with Crippen molar-refractivity contribution in [2.45, 2.75) is 5.50 Å². The monoisotopic (exact) mass is 263 g/mol. The molecule has 0 bridgehead atoms. The van der Waals surface area contributed by atoms with Crippen molar-refractivity contribution in [1.29, 1.82) is 0 Å². The Labute approximate surface area is 103 Å². The van der Waals surface area contributed by atoms with Crippen molar-refractivity contribution in [3.05, 3.63) is 28.8 Å². The van der Waals surface area contributed by atoms with Crippen molar-refractivity contribution in [3.8, 4) is 5.75 Å². The lowest BCUT2D eigenvalue weighted by atomic mass is 10.1. The number of rotatable bonds is 1. The highest BCUT2D eigenvalue weighted by molar-refractivity contribution is 6.51. The summed E-state index contributed by atoms with van der Waals surface area (Å²) in [4.78, 5) is 0. The van der Waals surface area contributed by atoms with E-state index in [0.29, 0.717) is 21.5 Å². The van der Waals surface area contributed by atoms with Gasteiger partial charge in [-0.1, -0.05) is 34.8 Å². The lowest BCUT2D eigenvalue weighted by molar-refractivity contribution is 0.415. The Morgan fingerprint density at radius 3 is 2.73 bits per heavy atom. The minimum Gasteiger partial charge on any atom is -0.495 e. The Kier molecular flexibility index (Phi) is 3.01. The van der Waals surface area contributed by atoms with Crippen LogP contribution in [-0.4, -0.2) is 12.6 Å². The number of anilines is 1. The zero-order chi connectivity index (χ0) is 11.0. The fraction of sp³-hybridized carbons (Fsp3) is 0.200. The maximum absolute atomic E-state index is 6.13. The van der Waals surface area contributed by atoms with Gasteiger partial charge in [-0.05, 0) is 18.2 Å². The van der Waals surface area contributed by atoms with Crippen molar-refractivity contribution < 1.29 is 4.74 Å². The van der Waals surface area contributed by atoms with Crippen LogP contribution in [0.4, 0.5) is 5.69 Å². The molecule has 0 aliphatic carbocycles. The van der Waals surface area contributed by atoms with Crippen LogP contribution in [0.1, 0.15) is 5.56 Å². The molecular formula is C10H8Cl3NO. The van der Waals surface area contributed by atoms with Gasteiger partial charge in [0, 0.05) is 10.6 Å². The molecule has 1 aromatic carbocycles. The fourth-order valence-corrected chi connectivity index (χ4v) is 2.33. The van der Waals surface area contributed by atoms with Crippen molar-refractivity contribution >= 4 is 45.5 Å². The summed E-state index contributed by atoms with van der Waals surface area (Å²) >= 11 is 18.1. The fourth-order valence-electron chi connectivity index (χ4n) is 1.45. The van der Waals surface area contributed by atoms with Crippen LogP contribution in [0.2, 0.25) is 5.02 Å². The van der Waals surface area contributed by atoms with E-state index >= 15 is 0 Å². The molecule has 5 heteroatoms. The van der Waals surface area contributed by atoms with Gasteiger partial charge in [0.1, 0.15) is 16.3 Å². The van der Waals surface area contributed by atoms with Crippen molar-refractivity contribution in [2.24, 2.45) is 0 Å². The third-order valence-electron chi connectivity index (χ3n) is 2.16. The van der Waals surface area contributed by atoms with Crippen LogP contribution < -0.4 is 10.1 Å². The first-order chi connectivity index (χ1) is 7.13. The average molecular weight is 265 g/mol. The highest BCUT2D eigenvalue weighted by Crippen LogP contribution is 2.42. The zero-order valence-electron chi connectivity index (χ0n) is 7.85. The standard InChI is InChI=1S/C10H8Cl3NO/c1-15-7-3-2-5-6(11)4-8(12)14-10(5)9(7)13/h2-4,8,14H,1H3. The first kappa shape index (κ1) is 10.9. The molecule has 80 valence electrons. The Morgan fingerprint density at radius 1 is 1.33 bits per heavy atom. The zero-order valence-corrected chi connectivity index (χ0v) is 10.1. The van der Waals surface area contributed by atoms with Gasteiger partial charge in [-0.3, -0.25) is 0 Å². The summed E-state index contributed by atoms with van der Waals surface area (Å²) in [5.74, 6) is 0.596. The molecule has 1 aliphatic rings. The number of hydrogen-bond donors (Lipinski definition) is 1. The molecule has 0 saturated heterocycles.